The van der Waals surface area contributed by atoms with Gasteiger partial charge in [0.15, 0.2) is 0 Å². The Balaban J connectivity index is 3.43. The molecule has 0 saturated carbocycles. The van der Waals surface area contributed by atoms with Gasteiger partial charge in [0.1, 0.15) is 5.75 Å². The van der Waals surface area contributed by atoms with Gasteiger partial charge in [-0.15, -0.1) is 6.58 Å². The highest BCUT2D eigenvalue weighted by Gasteiger charge is 2.16. The molecule has 0 saturated heterocycles. The van der Waals surface area contributed by atoms with Crippen LogP contribution in [0.2, 0.25) is 0 Å². The molecular weight excluding hydrogens is 378 g/mol. The van der Waals surface area contributed by atoms with Crippen LogP contribution >= 0.6 is 47.8 Å². The van der Waals surface area contributed by atoms with Gasteiger partial charge in [0.2, 0.25) is 0 Å². The Morgan fingerprint density at radius 1 is 1.36 bits per heavy atom. The third-order valence-corrected chi connectivity index (χ3v) is 3.83. The van der Waals surface area contributed by atoms with Gasteiger partial charge in [-0.2, -0.15) is 0 Å². The Morgan fingerprint density at radius 3 is 2.43 bits per heavy atom. The maximum Gasteiger partial charge on any atom is 0.144 e. The van der Waals surface area contributed by atoms with E-state index < -0.39 is 0 Å². The molecule has 0 heterocycles. The second-order valence-electron chi connectivity index (χ2n) is 2.68. The van der Waals surface area contributed by atoms with Crippen LogP contribution in [0.3, 0.4) is 0 Å². The lowest BCUT2D eigenvalue weighted by atomic mass is 10.1. The summed E-state index contributed by atoms with van der Waals surface area (Å²) in [5.41, 5.74) is 6.59. The largest absolute Gasteiger partial charge is 0.506 e. The summed E-state index contributed by atoms with van der Waals surface area (Å²) in [6.07, 6.45) is 1.61. The number of halogens is 3. The first-order chi connectivity index (χ1) is 6.49. The standard InChI is InChI=1S/C9H8Br3NO/c1-2-6(13)7-4(10)3-5(11)9(14)8(7)12/h2-3,6,14H,1,13H2/t6-/m1/s1. The smallest absolute Gasteiger partial charge is 0.144 e. The van der Waals surface area contributed by atoms with Crippen LogP contribution < -0.4 is 5.73 Å². The lowest BCUT2D eigenvalue weighted by molar-refractivity contribution is 0.467. The van der Waals surface area contributed by atoms with Crippen LogP contribution in [0, 0.1) is 0 Å². The van der Waals surface area contributed by atoms with Crippen LogP contribution in [-0.4, -0.2) is 5.11 Å². The minimum absolute atomic E-state index is 0.139. The van der Waals surface area contributed by atoms with Crippen LogP contribution in [0.1, 0.15) is 11.6 Å². The Kier molecular flexibility index (Phi) is 4.18. The molecule has 0 aliphatic heterocycles. The maximum atomic E-state index is 9.65. The maximum absolute atomic E-state index is 9.65. The van der Waals surface area contributed by atoms with Gasteiger partial charge >= 0.3 is 0 Å². The fourth-order valence-corrected chi connectivity index (χ4v) is 3.67. The summed E-state index contributed by atoms with van der Waals surface area (Å²) in [6.45, 7) is 3.61. The van der Waals surface area contributed by atoms with E-state index >= 15 is 0 Å². The zero-order chi connectivity index (χ0) is 10.9. The first kappa shape index (κ1) is 12.2. The molecular formula is C9H8Br3NO. The van der Waals surface area contributed by atoms with Gasteiger partial charge in [-0.25, -0.2) is 0 Å². The lowest BCUT2D eigenvalue weighted by Crippen LogP contribution is -2.08. The van der Waals surface area contributed by atoms with Crippen molar-refractivity contribution in [1.82, 2.24) is 0 Å². The van der Waals surface area contributed by atoms with Crippen molar-refractivity contribution in [3.05, 3.63) is 37.7 Å². The van der Waals surface area contributed by atoms with E-state index in [1.165, 1.54) is 0 Å². The summed E-state index contributed by atoms with van der Waals surface area (Å²) in [4.78, 5) is 0. The zero-order valence-corrected chi connectivity index (χ0v) is 11.9. The molecule has 0 amide bonds. The number of benzene rings is 1. The van der Waals surface area contributed by atoms with E-state index in [9.17, 15) is 5.11 Å². The average Bonchev–Trinajstić information content (AvgIpc) is 2.14. The summed E-state index contributed by atoms with van der Waals surface area (Å²) < 4.78 is 2.00. The highest BCUT2D eigenvalue weighted by atomic mass is 79.9. The summed E-state index contributed by atoms with van der Waals surface area (Å²) in [6, 6.07) is 1.43. The number of phenols is 1. The van der Waals surface area contributed by atoms with Crippen LogP contribution in [0.5, 0.6) is 5.75 Å². The summed E-state index contributed by atoms with van der Waals surface area (Å²) in [5, 5.41) is 9.65. The van der Waals surface area contributed by atoms with Gasteiger partial charge in [-0.1, -0.05) is 22.0 Å². The van der Waals surface area contributed by atoms with Gasteiger partial charge in [0, 0.05) is 10.0 Å². The minimum atomic E-state index is -0.322. The van der Waals surface area contributed by atoms with Gasteiger partial charge in [-0.05, 0) is 37.9 Å². The molecule has 5 heteroatoms. The van der Waals surface area contributed by atoms with Crippen molar-refractivity contribution < 1.29 is 5.11 Å². The predicted octanol–water partition coefficient (Wildman–Crippen LogP) is 3.87. The Bertz CT molecular complexity index is 379. The number of hydrogen-bond acceptors (Lipinski definition) is 2. The molecule has 2 nitrogen and oxygen atoms in total. The predicted molar refractivity (Wildman–Crippen MR) is 68.3 cm³/mol. The van der Waals surface area contributed by atoms with Crippen molar-refractivity contribution in [2.75, 3.05) is 0 Å². The molecule has 14 heavy (non-hydrogen) atoms. The summed E-state index contributed by atoms with van der Waals surface area (Å²) in [7, 11) is 0. The summed E-state index contributed by atoms with van der Waals surface area (Å²) in [5.74, 6) is 0.139. The molecule has 0 fully saturated rings. The normalized spacial score (nSPS) is 12.6. The van der Waals surface area contributed by atoms with E-state index in [-0.39, 0.29) is 11.8 Å². The van der Waals surface area contributed by atoms with E-state index in [0.29, 0.717) is 8.95 Å². The van der Waals surface area contributed by atoms with E-state index in [2.05, 4.69) is 54.4 Å². The SMILES string of the molecule is C=C[C@@H](N)c1c(Br)cc(Br)c(O)c1Br. The topological polar surface area (TPSA) is 46.2 Å². The molecule has 0 radical (unpaired) electrons. The molecule has 0 aliphatic rings. The van der Waals surface area contributed by atoms with Crippen molar-refractivity contribution in [1.29, 1.82) is 0 Å². The first-order valence-electron chi connectivity index (χ1n) is 3.73. The highest BCUT2D eigenvalue weighted by molar-refractivity contribution is 9.11. The van der Waals surface area contributed by atoms with Crippen molar-refractivity contribution in [2.24, 2.45) is 5.73 Å². The third kappa shape index (κ3) is 2.21. The Labute approximate surface area is 108 Å². The molecule has 76 valence electrons. The highest BCUT2D eigenvalue weighted by Crippen LogP contribution is 2.41. The number of rotatable bonds is 2. The minimum Gasteiger partial charge on any atom is -0.506 e. The number of aromatic hydroxyl groups is 1. The third-order valence-electron chi connectivity index (χ3n) is 1.77. The molecule has 0 aromatic heterocycles. The molecule has 1 aromatic rings. The number of hydrogen-bond donors (Lipinski definition) is 2. The van der Waals surface area contributed by atoms with E-state index in [0.717, 1.165) is 10.0 Å². The Morgan fingerprint density at radius 2 is 1.93 bits per heavy atom. The molecule has 0 aliphatic carbocycles. The molecule has 3 N–H and O–H groups in total. The van der Waals surface area contributed by atoms with Crippen molar-refractivity contribution in [2.45, 2.75) is 6.04 Å². The average molecular weight is 386 g/mol. The van der Waals surface area contributed by atoms with E-state index in [4.69, 9.17) is 5.73 Å². The number of phenolic OH excluding ortho intramolecular Hbond substituents is 1. The van der Waals surface area contributed by atoms with E-state index in [1.807, 2.05) is 0 Å². The second kappa shape index (κ2) is 4.79. The molecule has 1 aromatic carbocycles. The van der Waals surface area contributed by atoms with Crippen LogP contribution in [0.4, 0.5) is 0 Å². The number of nitrogens with two attached hydrogens (primary N) is 1. The van der Waals surface area contributed by atoms with Gasteiger partial charge < -0.3 is 10.8 Å². The van der Waals surface area contributed by atoms with Crippen LogP contribution in [0.15, 0.2) is 32.1 Å². The van der Waals surface area contributed by atoms with Crippen molar-refractivity contribution >= 4 is 47.8 Å². The lowest BCUT2D eigenvalue weighted by Gasteiger charge is -2.14. The van der Waals surface area contributed by atoms with Crippen LogP contribution in [-0.2, 0) is 0 Å². The van der Waals surface area contributed by atoms with Gasteiger partial charge in [-0.3, -0.25) is 0 Å². The van der Waals surface area contributed by atoms with Crippen LogP contribution in [0.25, 0.3) is 0 Å². The fourth-order valence-electron chi connectivity index (χ4n) is 1.02. The molecule has 1 rings (SSSR count). The molecule has 1 atom stereocenters. The monoisotopic (exact) mass is 383 g/mol. The Hall–Kier alpha value is 0.160. The molecule has 0 unspecified atom stereocenters. The molecule has 0 spiro atoms. The van der Waals surface area contributed by atoms with E-state index in [1.54, 1.807) is 12.1 Å². The zero-order valence-electron chi connectivity index (χ0n) is 7.10. The quantitative estimate of drug-likeness (QED) is 0.759. The summed E-state index contributed by atoms with van der Waals surface area (Å²) >= 11 is 9.89. The molecule has 0 bridgehead atoms. The van der Waals surface area contributed by atoms with Gasteiger partial charge in [0.05, 0.1) is 15.0 Å². The van der Waals surface area contributed by atoms with Gasteiger partial charge in [0.25, 0.3) is 0 Å². The second-order valence-corrected chi connectivity index (χ2v) is 5.18. The van der Waals surface area contributed by atoms with Crippen molar-refractivity contribution in [3.8, 4) is 5.75 Å². The van der Waals surface area contributed by atoms with Crippen molar-refractivity contribution in [3.63, 3.8) is 0 Å². The fraction of sp³-hybridized carbons (Fsp3) is 0.111. The first-order valence-corrected chi connectivity index (χ1v) is 6.11.